The van der Waals surface area contributed by atoms with Crippen LogP contribution < -0.4 is 5.32 Å². The topological polar surface area (TPSA) is 40.5 Å². The van der Waals surface area contributed by atoms with Crippen LogP contribution in [0.3, 0.4) is 0 Å². The number of allylic oxidation sites excluding steroid dienone is 1. The first kappa shape index (κ1) is 22.4. The molecule has 0 saturated heterocycles. The first-order valence-electron chi connectivity index (χ1n) is 8.17. The second kappa shape index (κ2) is 13.8. The predicted molar refractivity (Wildman–Crippen MR) is 113 cm³/mol. The fraction of sp³-hybridized carbons (Fsp3) is 0.647. The molecule has 0 unspecified atom stereocenters. The number of nitrogens with zero attached hydrogens (tertiary/aromatic N) is 3. The number of rotatable bonds is 10. The van der Waals surface area contributed by atoms with E-state index in [2.05, 4.69) is 40.7 Å². The van der Waals surface area contributed by atoms with Gasteiger partial charge in [0, 0.05) is 44.7 Å². The van der Waals surface area contributed by atoms with E-state index in [0.29, 0.717) is 0 Å². The number of hydrogen-bond donors (Lipinski definition) is 1. The fourth-order valence-electron chi connectivity index (χ4n) is 2.21. The van der Waals surface area contributed by atoms with Crippen molar-refractivity contribution in [3.8, 4) is 0 Å². The molecule has 0 fully saturated rings. The molecule has 1 aromatic rings. The number of hydrogen-bond acceptors (Lipinski definition) is 3. The highest BCUT2D eigenvalue weighted by Gasteiger charge is 2.06. The van der Waals surface area contributed by atoms with Crippen molar-refractivity contribution in [1.29, 1.82) is 0 Å². The summed E-state index contributed by atoms with van der Waals surface area (Å²) in [6, 6.07) is 0. The molecule has 0 atom stereocenters. The Morgan fingerprint density at radius 1 is 1.43 bits per heavy atom. The fourth-order valence-corrected chi connectivity index (χ4v) is 3.08. The number of aryl methyl sites for hydroxylation is 1. The summed E-state index contributed by atoms with van der Waals surface area (Å²) in [5, 5.41) is 4.62. The van der Waals surface area contributed by atoms with Crippen LogP contribution >= 0.6 is 35.3 Å². The number of halogens is 1. The van der Waals surface area contributed by atoms with Gasteiger partial charge in [-0.05, 0) is 25.7 Å². The lowest BCUT2D eigenvalue weighted by Gasteiger charge is -2.21. The van der Waals surface area contributed by atoms with Crippen molar-refractivity contribution in [2.75, 3.05) is 27.2 Å². The first-order valence-corrected chi connectivity index (χ1v) is 8.99. The Hall–Kier alpha value is -0.630. The molecule has 1 rings (SSSR count). The van der Waals surface area contributed by atoms with E-state index >= 15 is 0 Å². The van der Waals surface area contributed by atoms with E-state index in [1.54, 1.807) is 0 Å². The molecule has 0 bridgehead atoms. The van der Waals surface area contributed by atoms with E-state index in [1.165, 1.54) is 29.1 Å². The normalized spacial score (nSPS) is 11.0. The van der Waals surface area contributed by atoms with Crippen LogP contribution in [0.25, 0.3) is 0 Å². The molecule has 132 valence electrons. The van der Waals surface area contributed by atoms with Crippen LogP contribution in [0.15, 0.2) is 23.8 Å². The summed E-state index contributed by atoms with van der Waals surface area (Å²) in [6.07, 6.45) is 10.8. The van der Waals surface area contributed by atoms with Gasteiger partial charge in [-0.3, -0.25) is 4.99 Å². The van der Waals surface area contributed by atoms with Crippen molar-refractivity contribution in [3.63, 3.8) is 0 Å². The molecule has 0 aromatic carbocycles. The molecule has 0 aliphatic carbocycles. The van der Waals surface area contributed by atoms with Gasteiger partial charge in [0.05, 0.1) is 5.01 Å². The van der Waals surface area contributed by atoms with Gasteiger partial charge in [0.1, 0.15) is 0 Å². The minimum atomic E-state index is 0. The average molecular weight is 450 g/mol. The molecule has 1 aromatic heterocycles. The van der Waals surface area contributed by atoms with Crippen LogP contribution in [-0.2, 0) is 12.8 Å². The maximum atomic E-state index is 4.45. The van der Waals surface area contributed by atoms with E-state index in [-0.39, 0.29) is 24.0 Å². The lowest BCUT2D eigenvalue weighted by atomic mass is 10.2. The molecular weight excluding hydrogens is 419 g/mol. The number of guanidine groups is 1. The Balaban J connectivity index is 0.00000484. The maximum absolute atomic E-state index is 4.45. The van der Waals surface area contributed by atoms with Gasteiger partial charge in [-0.25, -0.2) is 4.98 Å². The largest absolute Gasteiger partial charge is 0.356 e. The minimum absolute atomic E-state index is 0. The summed E-state index contributed by atoms with van der Waals surface area (Å²) in [5.41, 5.74) is 0. The summed E-state index contributed by atoms with van der Waals surface area (Å²) in [4.78, 5) is 12.4. The number of nitrogens with one attached hydrogen (secondary N) is 1. The molecule has 0 aliphatic rings. The van der Waals surface area contributed by atoms with Crippen LogP contribution in [0.2, 0.25) is 0 Å². The highest BCUT2D eigenvalue weighted by atomic mass is 127. The van der Waals surface area contributed by atoms with E-state index in [0.717, 1.165) is 38.3 Å². The average Bonchev–Trinajstić information content (AvgIpc) is 2.99. The molecule has 6 heteroatoms. The quantitative estimate of drug-likeness (QED) is 0.192. The highest BCUT2D eigenvalue weighted by Crippen LogP contribution is 2.13. The van der Waals surface area contributed by atoms with Gasteiger partial charge < -0.3 is 10.2 Å². The first-order chi connectivity index (χ1) is 10.7. The van der Waals surface area contributed by atoms with Crippen LogP contribution in [-0.4, -0.2) is 43.0 Å². The minimum Gasteiger partial charge on any atom is -0.356 e. The third-order valence-corrected chi connectivity index (χ3v) is 4.75. The summed E-state index contributed by atoms with van der Waals surface area (Å²) in [7, 11) is 3.94. The number of aliphatic imine (C=N–C) groups is 1. The lowest BCUT2D eigenvalue weighted by molar-refractivity contribution is 0.455. The molecule has 0 amide bonds. The molecular formula is C17H31IN4S. The zero-order valence-corrected chi connectivity index (χ0v) is 17.8. The molecule has 0 spiro atoms. The van der Waals surface area contributed by atoms with E-state index in [1.807, 2.05) is 30.7 Å². The Morgan fingerprint density at radius 2 is 2.22 bits per heavy atom. The second-order valence-corrected chi connectivity index (χ2v) is 6.56. The summed E-state index contributed by atoms with van der Waals surface area (Å²) < 4.78 is 0. The Labute approximate surface area is 162 Å². The Kier molecular flexibility index (Phi) is 13.4. The zero-order valence-electron chi connectivity index (χ0n) is 14.7. The molecule has 0 aliphatic heterocycles. The van der Waals surface area contributed by atoms with E-state index in [4.69, 9.17) is 0 Å². The van der Waals surface area contributed by atoms with Crippen LogP contribution in [0.5, 0.6) is 0 Å². The molecule has 1 heterocycles. The van der Waals surface area contributed by atoms with Crippen molar-refractivity contribution in [3.05, 3.63) is 28.7 Å². The predicted octanol–water partition coefficient (Wildman–Crippen LogP) is 4.12. The maximum Gasteiger partial charge on any atom is 0.193 e. The third kappa shape index (κ3) is 9.30. The van der Waals surface area contributed by atoms with Crippen LogP contribution in [0, 0.1) is 0 Å². The number of unbranched alkanes of at least 4 members (excludes halogenated alkanes) is 3. The molecule has 1 N–H and O–H groups in total. The summed E-state index contributed by atoms with van der Waals surface area (Å²) >= 11 is 1.81. The van der Waals surface area contributed by atoms with E-state index in [9.17, 15) is 0 Å². The number of aromatic nitrogens is 1. The summed E-state index contributed by atoms with van der Waals surface area (Å²) in [5.74, 6) is 0.969. The van der Waals surface area contributed by atoms with Crippen molar-refractivity contribution in [1.82, 2.24) is 15.2 Å². The summed E-state index contributed by atoms with van der Waals surface area (Å²) in [6.45, 7) is 7.84. The smallest absolute Gasteiger partial charge is 0.193 e. The third-order valence-electron chi connectivity index (χ3n) is 3.55. The van der Waals surface area contributed by atoms with Gasteiger partial charge in [0.25, 0.3) is 0 Å². The van der Waals surface area contributed by atoms with Crippen molar-refractivity contribution in [2.24, 2.45) is 4.99 Å². The van der Waals surface area contributed by atoms with Crippen LogP contribution in [0.4, 0.5) is 0 Å². The van der Waals surface area contributed by atoms with Gasteiger partial charge in [0.15, 0.2) is 5.96 Å². The SMILES string of the molecule is C=CCCCCCN(C)C(=NC)NCCc1ncc(CC)s1.I. The molecule has 0 radical (unpaired) electrons. The molecule has 23 heavy (non-hydrogen) atoms. The van der Waals surface area contributed by atoms with Gasteiger partial charge >= 0.3 is 0 Å². The lowest BCUT2D eigenvalue weighted by Crippen LogP contribution is -2.40. The van der Waals surface area contributed by atoms with Crippen molar-refractivity contribution < 1.29 is 0 Å². The van der Waals surface area contributed by atoms with Gasteiger partial charge in [-0.15, -0.1) is 41.9 Å². The van der Waals surface area contributed by atoms with Gasteiger partial charge in [-0.1, -0.05) is 19.4 Å². The molecule has 4 nitrogen and oxygen atoms in total. The number of thiazole rings is 1. The monoisotopic (exact) mass is 450 g/mol. The standard InChI is InChI=1S/C17H30N4S.HI/c1-5-7-8-9-10-13-21(4)17(18-3)19-12-11-16-20-14-15(6-2)22-16;/h5,14H,1,6-13H2,2-4H3,(H,18,19);1H. The van der Waals surface area contributed by atoms with Crippen molar-refractivity contribution in [2.45, 2.75) is 45.4 Å². The van der Waals surface area contributed by atoms with Crippen molar-refractivity contribution >= 4 is 41.3 Å². The van der Waals surface area contributed by atoms with Gasteiger partial charge in [-0.2, -0.15) is 0 Å². The highest BCUT2D eigenvalue weighted by molar-refractivity contribution is 14.0. The zero-order chi connectivity index (χ0) is 16.2. The van der Waals surface area contributed by atoms with E-state index < -0.39 is 0 Å². The Morgan fingerprint density at radius 3 is 2.83 bits per heavy atom. The van der Waals surface area contributed by atoms with Gasteiger partial charge in [0.2, 0.25) is 0 Å². The van der Waals surface area contributed by atoms with Crippen LogP contribution in [0.1, 0.15) is 42.5 Å². The Bertz CT molecular complexity index is 459. The second-order valence-electron chi connectivity index (χ2n) is 5.36. The molecule has 0 saturated carbocycles.